The van der Waals surface area contributed by atoms with Crippen molar-refractivity contribution in [1.29, 1.82) is 0 Å². The number of aromatic nitrogens is 1. The first-order chi connectivity index (χ1) is 15.0. The molecule has 0 aliphatic carbocycles. The van der Waals surface area contributed by atoms with Gasteiger partial charge in [-0.05, 0) is 37.6 Å². The van der Waals surface area contributed by atoms with Crippen molar-refractivity contribution in [2.24, 2.45) is 0 Å². The number of benzene rings is 2. The third kappa shape index (κ3) is 4.40. The number of ether oxygens (including phenoxy) is 1. The van der Waals surface area contributed by atoms with E-state index in [1.807, 2.05) is 37.3 Å². The molecule has 7 nitrogen and oxygen atoms in total. The fraction of sp³-hybridized carbons (Fsp3) is 0.250. The van der Waals surface area contributed by atoms with Crippen molar-refractivity contribution in [3.8, 4) is 5.75 Å². The highest BCUT2D eigenvalue weighted by Gasteiger charge is 2.35. The summed E-state index contributed by atoms with van der Waals surface area (Å²) in [4.78, 5) is 42.5. The molecule has 7 heteroatoms. The number of fused-ring (bicyclic) bond motifs is 2. The molecule has 1 N–H and O–H groups in total. The van der Waals surface area contributed by atoms with E-state index in [4.69, 9.17) is 4.74 Å². The Kier molecular flexibility index (Phi) is 5.93. The van der Waals surface area contributed by atoms with Crippen molar-refractivity contribution in [3.63, 3.8) is 0 Å². The van der Waals surface area contributed by atoms with Gasteiger partial charge in [-0.2, -0.15) is 0 Å². The Morgan fingerprint density at radius 2 is 1.87 bits per heavy atom. The number of nitrogens with zero attached hydrogens (tertiary/aromatic N) is 2. The molecule has 3 aromatic rings. The monoisotopic (exact) mass is 417 g/mol. The number of nitrogens with one attached hydrogen (secondary N) is 1. The quantitative estimate of drug-likeness (QED) is 0.449. The van der Waals surface area contributed by atoms with Crippen LogP contribution in [-0.2, 0) is 4.79 Å². The number of amides is 3. The second kappa shape index (κ2) is 8.95. The highest BCUT2D eigenvalue weighted by atomic mass is 16.5. The molecule has 31 heavy (non-hydrogen) atoms. The number of carbonyl (C=O) groups is 3. The standard InChI is InChI=1S/C24H23N3O4/c1-16-8-9-18-19(15-16)24(30)27(23(18)29)13-10-21(28)25-12-4-14-31-20-7-2-5-17-6-3-11-26-22(17)20/h2-3,5-9,11,15H,4,10,12-14H2,1H3,(H,25,28). The van der Waals surface area contributed by atoms with Crippen LogP contribution >= 0.6 is 0 Å². The molecule has 0 fully saturated rings. The minimum absolute atomic E-state index is 0.0649. The van der Waals surface area contributed by atoms with Crippen LogP contribution in [0.3, 0.4) is 0 Å². The number of rotatable bonds is 8. The van der Waals surface area contributed by atoms with Gasteiger partial charge in [-0.1, -0.05) is 29.8 Å². The third-order valence-corrected chi connectivity index (χ3v) is 5.19. The number of carbonyl (C=O) groups excluding carboxylic acids is 3. The zero-order valence-electron chi connectivity index (χ0n) is 17.3. The fourth-order valence-corrected chi connectivity index (χ4v) is 3.58. The number of hydrogen-bond donors (Lipinski definition) is 1. The average Bonchev–Trinajstić information content (AvgIpc) is 3.01. The molecule has 3 amide bonds. The van der Waals surface area contributed by atoms with Gasteiger partial charge < -0.3 is 10.1 Å². The fourth-order valence-electron chi connectivity index (χ4n) is 3.58. The zero-order chi connectivity index (χ0) is 21.8. The van der Waals surface area contributed by atoms with Crippen molar-refractivity contribution in [1.82, 2.24) is 15.2 Å². The molecule has 0 saturated heterocycles. The molecule has 2 heterocycles. The van der Waals surface area contributed by atoms with Crippen LogP contribution < -0.4 is 10.1 Å². The average molecular weight is 417 g/mol. The van der Waals surface area contributed by atoms with E-state index in [1.54, 1.807) is 24.4 Å². The molecule has 0 spiro atoms. The predicted octanol–water partition coefficient (Wildman–Crippen LogP) is 3.11. The van der Waals surface area contributed by atoms with Crippen LogP contribution in [-0.4, -0.2) is 47.3 Å². The summed E-state index contributed by atoms with van der Waals surface area (Å²) in [6.07, 6.45) is 2.42. The normalized spacial score (nSPS) is 12.9. The highest BCUT2D eigenvalue weighted by Crippen LogP contribution is 2.24. The molecule has 1 aliphatic heterocycles. The first-order valence-electron chi connectivity index (χ1n) is 10.2. The summed E-state index contributed by atoms with van der Waals surface area (Å²) < 4.78 is 5.80. The highest BCUT2D eigenvalue weighted by molar-refractivity contribution is 6.21. The molecule has 0 saturated carbocycles. The first-order valence-corrected chi connectivity index (χ1v) is 10.2. The molecule has 1 aliphatic rings. The van der Waals surface area contributed by atoms with Gasteiger partial charge in [0, 0.05) is 31.1 Å². The Bertz CT molecular complexity index is 1150. The van der Waals surface area contributed by atoms with E-state index in [9.17, 15) is 14.4 Å². The smallest absolute Gasteiger partial charge is 0.261 e. The van der Waals surface area contributed by atoms with Gasteiger partial charge in [0.2, 0.25) is 5.91 Å². The number of imide groups is 1. The molecular formula is C24H23N3O4. The number of hydrogen-bond acceptors (Lipinski definition) is 5. The maximum Gasteiger partial charge on any atom is 0.261 e. The van der Waals surface area contributed by atoms with Gasteiger partial charge in [0.1, 0.15) is 11.3 Å². The van der Waals surface area contributed by atoms with Gasteiger partial charge in [-0.3, -0.25) is 24.3 Å². The SMILES string of the molecule is Cc1ccc2c(c1)C(=O)N(CCC(=O)NCCCOc1cccc3cccnc13)C2=O. The summed E-state index contributed by atoms with van der Waals surface area (Å²) >= 11 is 0. The summed E-state index contributed by atoms with van der Waals surface area (Å²) in [7, 11) is 0. The van der Waals surface area contributed by atoms with Gasteiger partial charge in [-0.15, -0.1) is 0 Å². The van der Waals surface area contributed by atoms with Crippen molar-refractivity contribution in [2.45, 2.75) is 19.8 Å². The second-order valence-corrected chi connectivity index (χ2v) is 7.44. The van der Waals surface area contributed by atoms with E-state index >= 15 is 0 Å². The summed E-state index contributed by atoms with van der Waals surface area (Å²) in [6, 6.07) is 14.8. The van der Waals surface area contributed by atoms with Crippen LogP contribution in [0.15, 0.2) is 54.7 Å². The van der Waals surface area contributed by atoms with Crippen molar-refractivity contribution < 1.29 is 19.1 Å². The van der Waals surface area contributed by atoms with Gasteiger partial charge >= 0.3 is 0 Å². The lowest BCUT2D eigenvalue weighted by Crippen LogP contribution is -2.35. The predicted molar refractivity (Wildman–Crippen MR) is 116 cm³/mol. The van der Waals surface area contributed by atoms with Crippen LogP contribution in [0.4, 0.5) is 0 Å². The molecule has 1 aromatic heterocycles. The molecule has 0 radical (unpaired) electrons. The lowest BCUT2D eigenvalue weighted by atomic mass is 10.1. The summed E-state index contributed by atoms with van der Waals surface area (Å²) in [5.41, 5.74) is 2.53. The van der Waals surface area contributed by atoms with Gasteiger partial charge in [0.15, 0.2) is 0 Å². The van der Waals surface area contributed by atoms with Crippen molar-refractivity contribution in [2.75, 3.05) is 19.7 Å². The maximum absolute atomic E-state index is 12.5. The lowest BCUT2D eigenvalue weighted by molar-refractivity contribution is -0.121. The second-order valence-electron chi connectivity index (χ2n) is 7.44. The third-order valence-electron chi connectivity index (χ3n) is 5.19. The topological polar surface area (TPSA) is 88.6 Å². The van der Waals surface area contributed by atoms with Crippen molar-refractivity contribution in [3.05, 3.63) is 71.4 Å². The molecule has 0 bridgehead atoms. The molecule has 0 unspecified atom stereocenters. The van der Waals surface area contributed by atoms with Crippen LogP contribution in [0.5, 0.6) is 5.75 Å². The largest absolute Gasteiger partial charge is 0.491 e. The lowest BCUT2D eigenvalue weighted by Gasteiger charge is -2.13. The molecular weight excluding hydrogens is 394 g/mol. The summed E-state index contributed by atoms with van der Waals surface area (Å²) in [5, 5.41) is 3.82. The van der Waals surface area contributed by atoms with E-state index < -0.39 is 0 Å². The first kappa shape index (κ1) is 20.5. The van der Waals surface area contributed by atoms with E-state index in [0.29, 0.717) is 36.4 Å². The summed E-state index contributed by atoms with van der Waals surface area (Å²) in [5.74, 6) is -0.177. The Labute approximate surface area is 180 Å². The van der Waals surface area contributed by atoms with Gasteiger partial charge in [0.05, 0.1) is 17.7 Å². The molecule has 2 aromatic carbocycles. The molecule has 158 valence electrons. The number of aryl methyl sites for hydroxylation is 1. The van der Waals surface area contributed by atoms with Gasteiger partial charge in [0.25, 0.3) is 11.8 Å². The van der Waals surface area contributed by atoms with E-state index in [1.165, 1.54) is 0 Å². The van der Waals surface area contributed by atoms with E-state index in [2.05, 4.69) is 10.3 Å². The van der Waals surface area contributed by atoms with Gasteiger partial charge in [-0.25, -0.2) is 0 Å². The number of pyridine rings is 1. The zero-order valence-corrected chi connectivity index (χ0v) is 17.3. The van der Waals surface area contributed by atoms with E-state index in [-0.39, 0.29) is 30.7 Å². The van der Waals surface area contributed by atoms with E-state index in [0.717, 1.165) is 21.4 Å². The Morgan fingerprint density at radius 1 is 1.06 bits per heavy atom. The minimum atomic E-state index is -0.343. The van der Waals surface area contributed by atoms with Crippen LogP contribution in [0, 0.1) is 6.92 Å². The van der Waals surface area contributed by atoms with Crippen molar-refractivity contribution >= 4 is 28.6 Å². The Hall–Kier alpha value is -3.74. The minimum Gasteiger partial charge on any atom is -0.491 e. The molecule has 0 atom stereocenters. The van der Waals surface area contributed by atoms with Crippen LogP contribution in [0.25, 0.3) is 10.9 Å². The van der Waals surface area contributed by atoms with Crippen LogP contribution in [0.1, 0.15) is 39.1 Å². The maximum atomic E-state index is 12.5. The Morgan fingerprint density at radius 3 is 2.74 bits per heavy atom. The number of para-hydroxylation sites is 1. The Balaban J connectivity index is 1.20. The molecule has 4 rings (SSSR count). The summed E-state index contributed by atoms with van der Waals surface area (Å²) in [6.45, 7) is 2.82. The van der Waals surface area contributed by atoms with Crippen LogP contribution in [0.2, 0.25) is 0 Å².